The van der Waals surface area contributed by atoms with Gasteiger partial charge in [-0.3, -0.25) is 8.77 Å². The second-order valence-corrected chi connectivity index (χ2v) is 9.45. The van der Waals surface area contributed by atoms with Crippen LogP contribution in [0.15, 0.2) is 35.2 Å². The number of aromatic nitrogens is 4. The number of anilines is 1. The Morgan fingerprint density at radius 3 is 2.84 bits per heavy atom. The minimum atomic E-state index is 0.375. The number of carbonyl (C=O) groups is 1. The molecular weight excluding hydrogens is 565 g/mol. The molecule has 1 N–H and O–H groups in total. The summed E-state index contributed by atoms with van der Waals surface area (Å²) in [6, 6.07) is 4.22. The van der Waals surface area contributed by atoms with Gasteiger partial charge in [0.25, 0.3) is 6.47 Å². The van der Waals surface area contributed by atoms with E-state index in [1.165, 1.54) is 26.4 Å². The van der Waals surface area contributed by atoms with Crippen molar-refractivity contribution in [3.63, 3.8) is 0 Å². The van der Waals surface area contributed by atoms with E-state index in [1.54, 1.807) is 21.6 Å². The molecule has 32 heavy (non-hydrogen) atoms. The standard InChI is InChI=1S/C19H17ClIN5OS.C2H4O2/c20-11-8-13-14(10-26(28-21)19(13)22-9-11)17-24-15-6-7-27-16(15)18(25-17)23-12-4-2-1-3-5-12;1-4-2-3/h6-10,12H,1-5H2,(H,23,24,25);2H,1H3. The second kappa shape index (κ2) is 10.7. The topological polar surface area (TPSA) is 95.1 Å². The average molecular weight is 586 g/mol. The molecule has 1 aliphatic rings. The summed E-state index contributed by atoms with van der Waals surface area (Å²) in [5.41, 5.74) is 3.25. The van der Waals surface area contributed by atoms with Crippen molar-refractivity contribution in [2.24, 2.45) is 0 Å². The fourth-order valence-electron chi connectivity index (χ4n) is 3.81. The molecule has 0 amide bonds. The molecule has 5 rings (SSSR count). The van der Waals surface area contributed by atoms with E-state index in [0.29, 0.717) is 28.9 Å². The molecular formula is C21H21ClIN5O3S. The van der Waals surface area contributed by atoms with Gasteiger partial charge in [0.1, 0.15) is 5.52 Å². The number of pyridine rings is 1. The van der Waals surface area contributed by atoms with Gasteiger partial charge < -0.3 is 14.5 Å². The Hall–Kier alpha value is -2.05. The predicted octanol–water partition coefficient (Wildman–Crippen LogP) is 6.27. The van der Waals surface area contributed by atoms with E-state index in [2.05, 4.69) is 36.2 Å². The third kappa shape index (κ3) is 4.96. The number of ether oxygens (including phenoxy) is 1. The van der Waals surface area contributed by atoms with Crippen LogP contribution in [0.1, 0.15) is 32.1 Å². The van der Waals surface area contributed by atoms with E-state index in [4.69, 9.17) is 30.8 Å². The molecule has 1 fully saturated rings. The molecule has 0 unspecified atom stereocenters. The zero-order valence-electron chi connectivity index (χ0n) is 17.3. The van der Waals surface area contributed by atoms with E-state index < -0.39 is 0 Å². The summed E-state index contributed by atoms with van der Waals surface area (Å²) in [6.45, 7) is 0.375. The first-order valence-electron chi connectivity index (χ1n) is 10.1. The molecule has 1 aliphatic carbocycles. The van der Waals surface area contributed by atoms with Crippen LogP contribution < -0.4 is 5.32 Å². The predicted molar refractivity (Wildman–Crippen MR) is 136 cm³/mol. The van der Waals surface area contributed by atoms with Gasteiger partial charge in [-0.1, -0.05) is 30.9 Å². The van der Waals surface area contributed by atoms with Crippen LogP contribution in [-0.4, -0.2) is 38.5 Å². The van der Waals surface area contributed by atoms with Crippen LogP contribution >= 0.6 is 41.9 Å². The lowest BCUT2D eigenvalue weighted by molar-refractivity contribution is -0.126. The summed E-state index contributed by atoms with van der Waals surface area (Å²) in [5, 5.41) is 5.13. The highest BCUT2D eigenvalue weighted by atomic mass is 127. The molecule has 0 saturated heterocycles. The Morgan fingerprint density at radius 2 is 2.12 bits per heavy atom. The summed E-state index contributed by atoms with van der Waals surface area (Å²) in [6.07, 6.45) is 11.5. The van der Waals surface area contributed by atoms with Gasteiger partial charge in [0.15, 0.2) is 22.9 Å². The quantitative estimate of drug-likeness (QED) is 0.216. The van der Waals surface area contributed by atoms with Gasteiger partial charge >= 0.3 is 0 Å². The lowest BCUT2D eigenvalue weighted by Crippen LogP contribution is -2.23. The van der Waals surface area contributed by atoms with Gasteiger partial charge in [0, 0.05) is 65.8 Å². The molecule has 4 aromatic rings. The molecule has 0 atom stereocenters. The number of hydrogen-bond acceptors (Lipinski definition) is 8. The van der Waals surface area contributed by atoms with Crippen LogP contribution in [0.25, 0.3) is 33.5 Å². The zero-order chi connectivity index (χ0) is 22.5. The minimum Gasteiger partial charge on any atom is -0.471 e. The minimum absolute atomic E-state index is 0.375. The fourth-order valence-corrected chi connectivity index (χ4v) is 5.22. The molecule has 0 radical (unpaired) electrons. The van der Waals surface area contributed by atoms with Gasteiger partial charge in [-0.15, -0.1) is 0 Å². The van der Waals surface area contributed by atoms with Crippen LogP contribution in [0.2, 0.25) is 5.02 Å². The number of rotatable bonds is 5. The second-order valence-electron chi connectivity index (χ2n) is 7.30. The first-order chi connectivity index (χ1) is 15.6. The maximum Gasteiger partial charge on any atom is 0.292 e. The highest BCUT2D eigenvalue weighted by Gasteiger charge is 2.20. The lowest BCUT2D eigenvalue weighted by Gasteiger charge is -2.23. The number of hydrogen-bond donors (Lipinski definition) is 1. The number of methoxy groups -OCH3 is 1. The number of fused-ring (bicyclic) bond motifs is 2. The summed E-state index contributed by atoms with van der Waals surface area (Å²) < 4.78 is 11.5. The van der Waals surface area contributed by atoms with Crippen LogP contribution in [-0.2, 0) is 9.53 Å². The number of nitrogens with one attached hydrogen (secondary N) is 1. The SMILES string of the molecule is COC=O.Clc1cnc2c(c1)c(-c1nc(NC3CCCCC3)c3occc3n1)cn2SI. The normalized spacial score (nSPS) is 14.2. The van der Waals surface area contributed by atoms with Crippen molar-refractivity contribution in [2.75, 3.05) is 12.4 Å². The molecule has 11 heteroatoms. The summed E-state index contributed by atoms with van der Waals surface area (Å²) >= 11 is 8.46. The van der Waals surface area contributed by atoms with Crippen molar-refractivity contribution in [2.45, 2.75) is 38.1 Å². The molecule has 4 aromatic heterocycles. The molecule has 4 heterocycles. The smallest absolute Gasteiger partial charge is 0.292 e. The summed E-state index contributed by atoms with van der Waals surface area (Å²) in [7, 11) is 2.86. The number of halogens is 2. The Labute approximate surface area is 206 Å². The first-order valence-corrected chi connectivity index (χ1v) is 13.8. The van der Waals surface area contributed by atoms with Gasteiger partial charge in [-0.2, -0.15) is 0 Å². The average Bonchev–Trinajstić information content (AvgIpc) is 3.44. The maximum atomic E-state index is 8.95. The fraction of sp³-hybridized carbons (Fsp3) is 0.333. The molecule has 0 bridgehead atoms. The van der Waals surface area contributed by atoms with Crippen molar-refractivity contribution in [1.82, 2.24) is 18.9 Å². The third-order valence-corrected chi connectivity index (χ3v) is 7.15. The van der Waals surface area contributed by atoms with E-state index in [1.807, 2.05) is 22.3 Å². The van der Waals surface area contributed by atoms with Gasteiger partial charge in [-0.05, 0) is 18.9 Å². The van der Waals surface area contributed by atoms with E-state index in [-0.39, 0.29) is 0 Å². The van der Waals surface area contributed by atoms with Crippen LogP contribution in [0, 0.1) is 0 Å². The lowest BCUT2D eigenvalue weighted by atomic mass is 9.95. The largest absolute Gasteiger partial charge is 0.471 e. The Morgan fingerprint density at radius 1 is 1.34 bits per heavy atom. The molecule has 0 spiro atoms. The van der Waals surface area contributed by atoms with Crippen LogP contribution in [0.4, 0.5) is 5.82 Å². The Kier molecular flexibility index (Phi) is 7.74. The molecule has 1 saturated carbocycles. The zero-order valence-corrected chi connectivity index (χ0v) is 21.0. The van der Waals surface area contributed by atoms with Gasteiger partial charge in [0.05, 0.1) is 18.4 Å². The molecule has 0 aromatic carbocycles. The third-order valence-electron chi connectivity index (χ3n) is 5.24. The van der Waals surface area contributed by atoms with Crippen molar-refractivity contribution < 1.29 is 13.9 Å². The van der Waals surface area contributed by atoms with Crippen molar-refractivity contribution in [1.29, 1.82) is 0 Å². The van der Waals surface area contributed by atoms with Gasteiger partial charge in [0.2, 0.25) is 0 Å². The Bertz CT molecular complexity index is 1230. The van der Waals surface area contributed by atoms with Crippen LogP contribution in [0.3, 0.4) is 0 Å². The molecule has 8 nitrogen and oxygen atoms in total. The monoisotopic (exact) mass is 585 g/mol. The first kappa shape index (κ1) is 23.1. The van der Waals surface area contributed by atoms with Gasteiger partial charge in [-0.25, -0.2) is 15.0 Å². The van der Waals surface area contributed by atoms with E-state index in [9.17, 15) is 0 Å². The van der Waals surface area contributed by atoms with E-state index >= 15 is 0 Å². The number of nitrogens with zero attached hydrogens (tertiary/aromatic N) is 4. The molecule has 0 aliphatic heterocycles. The maximum absolute atomic E-state index is 8.95. The number of carbonyl (C=O) groups excluding carboxylic acids is 1. The van der Waals surface area contributed by atoms with E-state index in [0.717, 1.165) is 40.8 Å². The van der Waals surface area contributed by atoms with Crippen LogP contribution in [0.5, 0.6) is 0 Å². The summed E-state index contributed by atoms with van der Waals surface area (Å²) in [4.78, 5) is 23.0. The molecule has 168 valence electrons. The van der Waals surface area contributed by atoms with Crippen molar-refractivity contribution in [3.8, 4) is 11.4 Å². The Balaban J connectivity index is 0.000000567. The highest BCUT2D eigenvalue weighted by Crippen LogP contribution is 2.35. The van der Waals surface area contributed by atoms with Crippen molar-refractivity contribution in [3.05, 3.63) is 35.8 Å². The van der Waals surface area contributed by atoms with Crippen molar-refractivity contribution >= 4 is 76.3 Å². The number of furan rings is 1. The highest BCUT2D eigenvalue weighted by molar-refractivity contribution is 14.2. The summed E-state index contributed by atoms with van der Waals surface area (Å²) in [5.74, 6) is 1.40.